The lowest BCUT2D eigenvalue weighted by Crippen LogP contribution is -2.52. The number of pyridine rings is 1. The molecule has 0 radical (unpaired) electrons. The van der Waals surface area contributed by atoms with Crippen LogP contribution in [0.3, 0.4) is 0 Å². The zero-order valence-electron chi connectivity index (χ0n) is 34.5. The molecule has 2 aliphatic carbocycles. The lowest BCUT2D eigenvalue weighted by molar-refractivity contribution is -0.142. The van der Waals surface area contributed by atoms with Gasteiger partial charge in [-0.1, -0.05) is 25.0 Å². The van der Waals surface area contributed by atoms with Gasteiger partial charge in [0.05, 0.1) is 42.0 Å². The molecule has 3 amide bonds. The van der Waals surface area contributed by atoms with Crippen molar-refractivity contribution >= 4 is 44.4 Å². The van der Waals surface area contributed by atoms with Gasteiger partial charge in [-0.05, 0) is 83.4 Å². The monoisotopic (exact) mass is 872 g/mol. The maximum atomic E-state index is 14.8. The molecule has 61 heavy (non-hydrogen) atoms. The molecule has 0 spiro atoms. The maximum Gasteiger partial charge on any atom is 0.408 e. The summed E-state index contributed by atoms with van der Waals surface area (Å²) >= 11 is 0. The predicted molar refractivity (Wildman–Crippen MR) is 215 cm³/mol. The normalized spacial score (nSPS) is 25.5. The van der Waals surface area contributed by atoms with Crippen LogP contribution in [-0.2, 0) is 31.0 Å². The first-order valence-electron chi connectivity index (χ1n) is 20.7. The second-order valence-electron chi connectivity index (χ2n) is 16.8. The van der Waals surface area contributed by atoms with Crippen molar-refractivity contribution in [1.82, 2.24) is 29.7 Å². The number of carbonyl (C=O) groups is 4. The number of amides is 3. The standard InChI is InChI=1S/C42H51F3N6O9S/c1-24(2)59-36-19-35(29-14-15-34(58-4)25(3)37(29)47-36)60-27-18-32-33(52)21-41(40(55)49-61(56,57)28-12-13-28)20-26(41)10-8-6-5-7-9-11-31(39(54)51(32)22-27)46-38(53)30-16-17-50(48-30)23-42(43,44)45/h8,10,14-17,19,24,26-28,31-32H,5-7,9,11-13,18,20-23H2,1-4H3,(H,46,53)(H,49,55)/b10-8-/t26-,27-,31+,32+,41-/m1/s1. The Hall–Kier alpha value is -5.20. The number of hydrogen-bond acceptors (Lipinski definition) is 11. The number of ether oxygens (including phenoxy) is 3. The first kappa shape index (κ1) is 43.9. The van der Waals surface area contributed by atoms with Crippen molar-refractivity contribution in [2.45, 2.75) is 127 Å². The fraction of sp³-hybridized carbons (Fsp3) is 0.571. The summed E-state index contributed by atoms with van der Waals surface area (Å²) in [7, 11) is -2.39. The summed E-state index contributed by atoms with van der Waals surface area (Å²) in [6, 6.07) is 3.97. The maximum absolute atomic E-state index is 14.8. The second-order valence-corrected chi connectivity index (χ2v) is 18.7. The SMILES string of the molecule is COc1ccc2c(O[C@@H]3C[C@H]4C(=O)C[C@]5(C(=O)NS(=O)(=O)C6CC6)C[C@H]5/C=C\CCCCC[C@H](NC(=O)c5ccn(CC(F)(F)F)n5)C(=O)N4C3)cc(OC(C)C)nc2c1C. The molecule has 1 aromatic carbocycles. The molecule has 2 aliphatic heterocycles. The third-order valence-corrected chi connectivity index (χ3v) is 13.6. The highest BCUT2D eigenvalue weighted by molar-refractivity contribution is 7.90. The third kappa shape index (κ3) is 9.97. The Morgan fingerprint density at radius 1 is 1.07 bits per heavy atom. The number of carbonyl (C=O) groups excluding carboxylic acids is 4. The zero-order valence-corrected chi connectivity index (χ0v) is 35.3. The summed E-state index contributed by atoms with van der Waals surface area (Å²) in [5, 5.41) is 6.41. The highest BCUT2D eigenvalue weighted by Gasteiger charge is 2.61. The van der Waals surface area contributed by atoms with E-state index in [1.807, 2.05) is 32.9 Å². The van der Waals surface area contributed by atoms with Crippen LogP contribution in [0.1, 0.15) is 94.1 Å². The van der Waals surface area contributed by atoms with Gasteiger partial charge in [0.1, 0.15) is 35.9 Å². The van der Waals surface area contributed by atoms with E-state index < -0.39 is 81.0 Å². The molecular weight excluding hydrogens is 822 g/mol. The first-order chi connectivity index (χ1) is 28.9. The fourth-order valence-corrected chi connectivity index (χ4v) is 9.72. The molecule has 15 nitrogen and oxygen atoms in total. The van der Waals surface area contributed by atoms with Crippen molar-refractivity contribution in [2.75, 3.05) is 13.7 Å². The number of benzene rings is 1. The van der Waals surface area contributed by atoms with Gasteiger partial charge in [0, 0.05) is 36.1 Å². The topological polar surface area (TPSA) is 188 Å². The lowest BCUT2D eigenvalue weighted by Gasteiger charge is -2.29. The van der Waals surface area contributed by atoms with Crippen LogP contribution >= 0.6 is 0 Å². The lowest BCUT2D eigenvalue weighted by atomic mass is 9.91. The molecule has 3 aromatic rings. The number of ketones is 1. The van der Waals surface area contributed by atoms with Crippen LogP contribution in [0, 0.1) is 18.3 Å². The number of hydrogen-bond donors (Lipinski definition) is 2. The number of Topliss-reactive ketones (excluding diaryl/α,β-unsaturated/α-hetero) is 1. The van der Waals surface area contributed by atoms with E-state index in [-0.39, 0.29) is 49.9 Å². The number of fused-ring (bicyclic) bond motifs is 3. The number of methoxy groups -OCH3 is 1. The number of sulfonamides is 1. The van der Waals surface area contributed by atoms with Crippen molar-refractivity contribution < 1.29 is 55.0 Å². The fourth-order valence-electron chi connectivity index (χ4n) is 8.33. The van der Waals surface area contributed by atoms with Gasteiger partial charge in [-0.15, -0.1) is 0 Å². The Morgan fingerprint density at radius 2 is 1.84 bits per heavy atom. The number of aryl methyl sites for hydroxylation is 1. The molecule has 0 bridgehead atoms. The van der Waals surface area contributed by atoms with Gasteiger partial charge in [0.25, 0.3) is 5.91 Å². The molecule has 330 valence electrons. The van der Waals surface area contributed by atoms with Crippen LogP contribution in [-0.4, -0.2) is 101 Å². The van der Waals surface area contributed by atoms with E-state index in [0.717, 1.165) is 17.8 Å². The van der Waals surface area contributed by atoms with Crippen molar-refractivity contribution in [3.63, 3.8) is 0 Å². The van der Waals surface area contributed by atoms with Crippen LogP contribution in [0.25, 0.3) is 10.9 Å². The quantitative estimate of drug-likeness (QED) is 0.237. The Morgan fingerprint density at radius 3 is 2.54 bits per heavy atom. The zero-order chi connectivity index (χ0) is 43.9. The largest absolute Gasteiger partial charge is 0.496 e. The predicted octanol–water partition coefficient (Wildman–Crippen LogP) is 5.34. The van der Waals surface area contributed by atoms with E-state index in [9.17, 15) is 40.8 Å². The molecule has 4 heterocycles. The molecule has 7 rings (SSSR count). The van der Waals surface area contributed by atoms with Crippen molar-refractivity contribution in [1.29, 1.82) is 0 Å². The van der Waals surface area contributed by atoms with E-state index in [2.05, 4.69) is 15.1 Å². The van der Waals surface area contributed by atoms with E-state index in [4.69, 9.17) is 19.2 Å². The molecule has 19 heteroatoms. The summed E-state index contributed by atoms with van der Waals surface area (Å²) in [6.07, 6.45) is 2.57. The Bertz CT molecular complexity index is 2330. The summed E-state index contributed by atoms with van der Waals surface area (Å²) in [5.41, 5.74) is -0.397. The van der Waals surface area contributed by atoms with Gasteiger partial charge in [-0.3, -0.25) is 28.6 Å². The minimum absolute atomic E-state index is 0.00894. The number of aromatic nitrogens is 3. The minimum Gasteiger partial charge on any atom is -0.496 e. The summed E-state index contributed by atoms with van der Waals surface area (Å²) in [5.74, 6) is -1.89. The molecule has 4 aliphatic rings. The summed E-state index contributed by atoms with van der Waals surface area (Å²) in [4.78, 5) is 62.8. The van der Waals surface area contributed by atoms with Crippen molar-refractivity contribution in [2.24, 2.45) is 11.3 Å². The van der Waals surface area contributed by atoms with Gasteiger partial charge in [0.15, 0.2) is 5.78 Å². The van der Waals surface area contributed by atoms with Crippen LogP contribution in [0.15, 0.2) is 42.6 Å². The average molecular weight is 873 g/mol. The number of rotatable bonds is 11. The Kier molecular flexibility index (Phi) is 12.4. The van der Waals surface area contributed by atoms with Crippen LogP contribution < -0.4 is 24.2 Å². The van der Waals surface area contributed by atoms with E-state index in [1.54, 1.807) is 25.3 Å². The molecule has 1 saturated heterocycles. The minimum atomic E-state index is -4.58. The van der Waals surface area contributed by atoms with E-state index in [1.165, 1.54) is 4.90 Å². The molecular formula is C42H51F3N6O9S. The summed E-state index contributed by atoms with van der Waals surface area (Å²) < 4.78 is 86.1. The number of nitrogens with one attached hydrogen (secondary N) is 2. The van der Waals surface area contributed by atoms with Gasteiger partial charge in [-0.25, -0.2) is 13.4 Å². The van der Waals surface area contributed by atoms with Gasteiger partial charge >= 0.3 is 6.18 Å². The number of alkyl halides is 3. The Labute approximate surface area is 351 Å². The first-order valence-corrected chi connectivity index (χ1v) is 22.2. The number of allylic oxidation sites excluding steroid dienone is 2. The van der Waals surface area contributed by atoms with Gasteiger partial charge in [0.2, 0.25) is 27.7 Å². The molecule has 0 unspecified atom stereocenters. The van der Waals surface area contributed by atoms with Crippen molar-refractivity contribution in [3.05, 3.63) is 53.9 Å². The van der Waals surface area contributed by atoms with E-state index >= 15 is 0 Å². The molecule has 5 atom stereocenters. The number of nitrogens with zero attached hydrogens (tertiary/aromatic N) is 4. The van der Waals surface area contributed by atoms with E-state index in [0.29, 0.717) is 65.6 Å². The Balaban J connectivity index is 1.22. The molecule has 2 aromatic heterocycles. The van der Waals surface area contributed by atoms with Crippen molar-refractivity contribution in [3.8, 4) is 17.4 Å². The average Bonchev–Trinajstić information content (AvgIpc) is 4.07. The molecule has 2 N–H and O–H groups in total. The van der Waals surface area contributed by atoms with Crippen LogP contribution in [0.5, 0.6) is 17.4 Å². The smallest absolute Gasteiger partial charge is 0.408 e. The third-order valence-electron chi connectivity index (χ3n) is 11.7. The van der Waals surface area contributed by atoms with Gasteiger partial charge in [-0.2, -0.15) is 18.3 Å². The highest BCUT2D eigenvalue weighted by atomic mass is 32.2. The molecule has 2 saturated carbocycles. The van der Waals surface area contributed by atoms with Crippen LogP contribution in [0.2, 0.25) is 0 Å². The molecule has 3 fully saturated rings. The second kappa shape index (κ2) is 17.3. The summed E-state index contributed by atoms with van der Waals surface area (Å²) in [6.45, 7) is 4.02. The highest BCUT2D eigenvalue weighted by Crippen LogP contribution is 2.57. The van der Waals surface area contributed by atoms with Crippen LogP contribution in [0.4, 0.5) is 13.2 Å². The van der Waals surface area contributed by atoms with Gasteiger partial charge < -0.3 is 24.4 Å². The number of halogens is 3.